The Kier molecular flexibility index (Phi) is 14.9. The molecule has 1 aromatic rings. The SMILES string of the molecule is CN(C)CCN[C@H](Cc1ccc(Cl)cc1)C(=O)N1CC[C@H](N(C(=O)C(C)(C)CO)C2CCCCC2)C1.Cl.Cl. The summed E-state index contributed by atoms with van der Waals surface area (Å²) >= 11 is 6.07. The fourth-order valence-corrected chi connectivity index (χ4v) is 5.49. The van der Waals surface area contributed by atoms with Gasteiger partial charge in [0.25, 0.3) is 0 Å². The number of hydrogen-bond acceptors (Lipinski definition) is 5. The van der Waals surface area contributed by atoms with E-state index in [0.29, 0.717) is 31.1 Å². The average molecular weight is 594 g/mol. The standard InChI is InChI=1S/C28H45ClN4O3.2ClH/c1-28(2,20-34)27(36)33(23-8-6-5-7-9-23)24-14-16-32(19-24)26(35)25(30-15-17-31(3)4)18-21-10-12-22(29)13-11-21;;/h10-13,23-25,30,34H,5-9,14-20H2,1-4H3;2*1H/t24-,25+;;/m0../s1. The van der Waals surface area contributed by atoms with Gasteiger partial charge in [0, 0.05) is 37.2 Å². The van der Waals surface area contributed by atoms with Crippen LogP contribution in [0.5, 0.6) is 0 Å². The number of carbonyl (C=O) groups is 2. The van der Waals surface area contributed by atoms with Gasteiger partial charge in [-0.15, -0.1) is 24.8 Å². The molecular formula is C28H47Cl3N4O3. The summed E-state index contributed by atoms with van der Waals surface area (Å²) < 4.78 is 0. The monoisotopic (exact) mass is 592 g/mol. The Labute approximate surface area is 246 Å². The van der Waals surface area contributed by atoms with Gasteiger partial charge in [0.1, 0.15) is 0 Å². The maximum Gasteiger partial charge on any atom is 0.240 e. The van der Waals surface area contributed by atoms with Crippen LogP contribution in [0, 0.1) is 5.41 Å². The van der Waals surface area contributed by atoms with Gasteiger partial charge in [0.15, 0.2) is 0 Å². The second-order valence-corrected chi connectivity index (χ2v) is 11.9. The van der Waals surface area contributed by atoms with Gasteiger partial charge in [-0.2, -0.15) is 0 Å². The number of hydrogen-bond donors (Lipinski definition) is 2. The zero-order chi connectivity index (χ0) is 26.3. The maximum absolute atomic E-state index is 13.7. The zero-order valence-corrected chi connectivity index (χ0v) is 25.7. The van der Waals surface area contributed by atoms with Crippen LogP contribution in [-0.4, -0.2) is 96.6 Å². The van der Waals surface area contributed by atoms with E-state index in [9.17, 15) is 14.7 Å². The minimum absolute atomic E-state index is 0. The fourth-order valence-electron chi connectivity index (χ4n) is 5.36. The Morgan fingerprint density at radius 2 is 1.71 bits per heavy atom. The largest absolute Gasteiger partial charge is 0.395 e. The normalized spacial score (nSPS) is 19.0. The van der Waals surface area contributed by atoms with E-state index in [2.05, 4.69) is 15.1 Å². The molecule has 2 atom stereocenters. The molecule has 7 nitrogen and oxygen atoms in total. The highest BCUT2D eigenvalue weighted by Gasteiger charge is 2.42. The molecule has 2 aliphatic rings. The highest BCUT2D eigenvalue weighted by molar-refractivity contribution is 6.30. The number of halogens is 3. The number of aliphatic hydroxyl groups excluding tert-OH is 1. The average Bonchev–Trinajstić information content (AvgIpc) is 3.34. The van der Waals surface area contributed by atoms with E-state index < -0.39 is 5.41 Å². The predicted molar refractivity (Wildman–Crippen MR) is 160 cm³/mol. The van der Waals surface area contributed by atoms with Crippen LogP contribution in [0.2, 0.25) is 5.02 Å². The summed E-state index contributed by atoms with van der Waals surface area (Å²) in [7, 11) is 4.04. The summed E-state index contributed by atoms with van der Waals surface area (Å²) in [5.74, 6) is 0.0988. The van der Waals surface area contributed by atoms with Gasteiger partial charge in [-0.05, 0) is 71.3 Å². The van der Waals surface area contributed by atoms with E-state index in [1.54, 1.807) is 0 Å². The van der Waals surface area contributed by atoms with Crippen molar-refractivity contribution < 1.29 is 14.7 Å². The predicted octanol–water partition coefficient (Wildman–Crippen LogP) is 4.03. The molecule has 1 aliphatic carbocycles. The molecule has 1 saturated carbocycles. The van der Waals surface area contributed by atoms with E-state index in [0.717, 1.165) is 44.2 Å². The smallest absolute Gasteiger partial charge is 0.240 e. The molecule has 1 saturated heterocycles. The molecule has 2 amide bonds. The van der Waals surface area contributed by atoms with Gasteiger partial charge in [0.05, 0.1) is 24.1 Å². The summed E-state index contributed by atoms with van der Waals surface area (Å²) in [6.07, 6.45) is 6.84. The van der Waals surface area contributed by atoms with Crippen LogP contribution in [0.1, 0.15) is 57.9 Å². The van der Waals surface area contributed by atoms with Crippen molar-refractivity contribution in [3.8, 4) is 0 Å². The Morgan fingerprint density at radius 1 is 1.08 bits per heavy atom. The number of amides is 2. The molecule has 1 heterocycles. The summed E-state index contributed by atoms with van der Waals surface area (Å²) in [5.41, 5.74) is 0.245. The Hall–Kier alpha value is -1.09. The Bertz CT molecular complexity index is 863. The van der Waals surface area contributed by atoms with Gasteiger partial charge < -0.3 is 25.1 Å². The zero-order valence-electron chi connectivity index (χ0n) is 23.3. The van der Waals surface area contributed by atoms with Crippen molar-refractivity contribution in [3.05, 3.63) is 34.9 Å². The quantitative estimate of drug-likeness (QED) is 0.405. The molecule has 0 radical (unpaired) electrons. The van der Waals surface area contributed by atoms with Gasteiger partial charge in [0.2, 0.25) is 11.8 Å². The fraction of sp³-hybridized carbons (Fsp3) is 0.714. The lowest BCUT2D eigenvalue weighted by atomic mass is 9.87. The molecule has 38 heavy (non-hydrogen) atoms. The number of carbonyl (C=O) groups excluding carboxylic acids is 2. The highest BCUT2D eigenvalue weighted by atomic mass is 35.5. The first-order valence-electron chi connectivity index (χ1n) is 13.5. The molecule has 10 heteroatoms. The van der Waals surface area contributed by atoms with Crippen molar-refractivity contribution in [2.75, 3.05) is 46.9 Å². The molecule has 0 spiro atoms. The molecule has 218 valence electrons. The molecule has 2 fully saturated rings. The molecule has 0 unspecified atom stereocenters. The first kappa shape index (κ1) is 34.9. The molecule has 1 aliphatic heterocycles. The van der Waals surface area contributed by atoms with Crippen LogP contribution in [0.25, 0.3) is 0 Å². The lowest BCUT2D eigenvalue weighted by Gasteiger charge is -2.42. The van der Waals surface area contributed by atoms with Crippen molar-refractivity contribution in [1.29, 1.82) is 0 Å². The number of likely N-dealkylation sites (tertiary alicyclic amines) is 1. The van der Waals surface area contributed by atoms with E-state index in [1.165, 1.54) is 6.42 Å². The maximum atomic E-state index is 13.7. The topological polar surface area (TPSA) is 76.1 Å². The van der Waals surface area contributed by atoms with Crippen LogP contribution < -0.4 is 5.32 Å². The summed E-state index contributed by atoms with van der Waals surface area (Å²) in [5, 5.41) is 14.1. The molecular weight excluding hydrogens is 547 g/mol. The third-order valence-electron chi connectivity index (χ3n) is 7.65. The number of nitrogens with one attached hydrogen (secondary N) is 1. The first-order chi connectivity index (χ1) is 17.1. The van der Waals surface area contributed by atoms with Crippen LogP contribution in [0.3, 0.4) is 0 Å². The van der Waals surface area contributed by atoms with Crippen LogP contribution in [0.15, 0.2) is 24.3 Å². The summed E-state index contributed by atoms with van der Waals surface area (Å²) in [6, 6.07) is 7.53. The lowest BCUT2D eigenvalue weighted by Crippen LogP contribution is -2.55. The number of likely N-dealkylation sites (N-methyl/N-ethyl adjacent to an activating group) is 1. The molecule has 3 rings (SSSR count). The minimum Gasteiger partial charge on any atom is -0.395 e. The minimum atomic E-state index is -0.820. The van der Waals surface area contributed by atoms with Crippen molar-refractivity contribution in [3.63, 3.8) is 0 Å². The van der Waals surface area contributed by atoms with E-state index in [4.69, 9.17) is 11.6 Å². The second kappa shape index (κ2) is 16.2. The van der Waals surface area contributed by atoms with Gasteiger partial charge in [-0.25, -0.2) is 0 Å². The molecule has 2 N–H and O–H groups in total. The summed E-state index contributed by atoms with van der Waals surface area (Å²) in [4.78, 5) is 33.4. The first-order valence-corrected chi connectivity index (χ1v) is 13.8. The number of nitrogens with zero attached hydrogens (tertiary/aromatic N) is 3. The molecule has 0 aromatic heterocycles. The number of benzene rings is 1. The highest BCUT2D eigenvalue weighted by Crippen LogP contribution is 2.32. The van der Waals surface area contributed by atoms with Crippen molar-refractivity contribution in [1.82, 2.24) is 20.0 Å². The van der Waals surface area contributed by atoms with Gasteiger partial charge >= 0.3 is 0 Å². The third kappa shape index (κ3) is 9.53. The Morgan fingerprint density at radius 3 is 2.29 bits per heavy atom. The van der Waals surface area contributed by atoms with Gasteiger partial charge in [-0.3, -0.25) is 9.59 Å². The van der Waals surface area contributed by atoms with Gasteiger partial charge in [-0.1, -0.05) is 43.0 Å². The van der Waals surface area contributed by atoms with Crippen LogP contribution >= 0.6 is 36.4 Å². The van der Waals surface area contributed by atoms with Crippen molar-refractivity contribution in [2.45, 2.75) is 76.9 Å². The van der Waals surface area contributed by atoms with E-state index >= 15 is 0 Å². The lowest BCUT2D eigenvalue weighted by molar-refractivity contribution is -0.149. The van der Waals surface area contributed by atoms with Crippen LogP contribution in [0.4, 0.5) is 0 Å². The van der Waals surface area contributed by atoms with E-state index in [-0.39, 0.29) is 61.4 Å². The third-order valence-corrected chi connectivity index (χ3v) is 7.90. The number of aliphatic hydroxyl groups is 1. The van der Waals surface area contributed by atoms with Crippen molar-refractivity contribution >= 4 is 48.2 Å². The second-order valence-electron chi connectivity index (χ2n) is 11.4. The molecule has 1 aromatic carbocycles. The number of rotatable bonds is 11. The Balaban J connectivity index is 0.00000361. The summed E-state index contributed by atoms with van der Waals surface area (Å²) in [6.45, 7) is 6.21. The van der Waals surface area contributed by atoms with Crippen molar-refractivity contribution in [2.24, 2.45) is 5.41 Å². The molecule has 0 bridgehead atoms. The van der Waals surface area contributed by atoms with E-state index in [1.807, 2.05) is 57.1 Å². The van der Waals surface area contributed by atoms with Crippen LogP contribution in [-0.2, 0) is 16.0 Å².